The van der Waals surface area contributed by atoms with Gasteiger partial charge in [-0.05, 0) is 96.0 Å². The summed E-state index contributed by atoms with van der Waals surface area (Å²) in [5.74, 6) is 1.45. The Morgan fingerprint density at radius 1 is 0.842 bits per heavy atom. The van der Waals surface area contributed by atoms with Gasteiger partial charge >= 0.3 is 6.09 Å². The van der Waals surface area contributed by atoms with Gasteiger partial charge in [0.25, 0.3) is 0 Å². The molecule has 2 aliphatic heterocycles. The highest BCUT2D eigenvalue weighted by atomic mass is 16.5. The van der Waals surface area contributed by atoms with Crippen molar-refractivity contribution in [3.8, 4) is 11.1 Å². The van der Waals surface area contributed by atoms with E-state index in [1.165, 1.54) is 24.5 Å². The van der Waals surface area contributed by atoms with Crippen LogP contribution in [0.2, 0.25) is 0 Å². The van der Waals surface area contributed by atoms with Crippen molar-refractivity contribution >= 4 is 46.1 Å². The fourth-order valence-corrected chi connectivity index (χ4v) is 8.27. The third-order valence-corrected chi connectivity index (χ3v) is 11.4. The van der Waals surface area contributed by atoms with Gasteiger partial charge in [0.05, 0.1) is 37.3 Å². The van der Waals surface area contributed by atoms with Crippen molar-refractivity contribution in [2.24, 2.45) is 16.8 Å². The number of amides is 3. The quantitative estimate of drug-likeness (QED) is 0.0837. The van der Waals surface area contributed by atoms with Crippen LogP contribution in [0.3, 0.4) is 0 Å². The number of aryl methyl sites for hydroxylation is 2. The molecule has 5 aromatic rings. The van der Waals surface area contributed by atoms with Crippen molar-refractivity contribution < 1.29 is 23.9 Å². The third-order valence-electron chi connectivity index (χ3n) is 11.4. The van der Waals surface area contributed by atoms with Crippen LogP contribution in [0.15, 0.2) is 65.8 Å². The van der Waals surface area contributed by atoms with Gasteiger partial charge in [0.2, 0.25) is 11.8 Å². The second kappa shape index (κ2) is 17.2. The van der Waals surface area contributed by atoms with Gasteiger partial charge in [-0.2, -0.15) is 0 Å². The lowest BCUT2D eigenvalue weighted by atomic mass is 9.98. The van der Waals surface area contributed by atoms with Crippen molar-refractivity contribution in [3.05, 3.63) is 83.7 Å². The molecule has 0 saturated carbocycles. The van der Waals surface area contributed by atoms with Crippen molar-refractivity contribution in [1.29, 1.82) is 0 Å². The van der Waals surface area contributed by atoms with E-state index in [1.54, 1.807) is 7.11 Å². The molecule has 3 amide bonds. The first-order valence-electron chi connectivity index (χ1n) is 20.1. The van der Waals surface area contributed by atoms with Crippen LogP contribution in [-0.2, 0) is 31.9 Å². The highest BCUT2D eigenvalue weighted by Gasteiger charge is 2.38. The predicted octanol–water partition coefficient (Wildman–Crippen LogP) is 7.30. The maximum Gasteiger partial charge on any atom is 0.407 e. The van der Waals surface area contributed by atoms with Gasteiger partial charge in [-0.25, -0.2) is 19.8 Å². The fraction of sp³-hybridized carbons (Fsp3) is 0.455. The summed E-state index contributed by atoms with van der Waals surface area (Å²) in [6.45, 7) is 9.14. The van der Waals surface area contributed by atoms with E-state index in [2.05, 4.69) is 68.8 Å². The Bertz CT molecular complexity index is 2260. The Morgan fingerprint density at radius 3 is 2.25 bits per heavy atom. The van der Waals surface area contributed by atoms with Gasteiger partial charge < -0.3 is 34.6 Å². The second-order valence-electron chi connectivity index (χ2n) is 16.0. The summed E-state index contributed by atoms with van der Waals surface area (Å²) in [4.78, 5) is 63.9. The molecule has 7 rings (SSSR count). The number of aromatic amines is 2. The number of hydrogen-bond acceptors (Lipinski definition) is 8. The molecule has 13 nitrogen and oxygen atoms in total. The first-order chi connectivity index (χ1) is 27.5. The number of aromatic nitrogens is 4. The van der Waals surface area contributed by atoms with E-state index in [9.17, 15) is 14.4 Å². The van der Waals surface area contributed by atoms with Gasteiger partial charge in [-0.15, -0.1) is 0 Å². The number of alkyl carbamates (subject to hydrolysis) is 1. The molecule has 0 radical (unpaired) electrons. The minimum atomic E-state index is -0.664. The van der Waals surface area contributed by atoms with Crippen LogP contribution in [-0.4, -0.2) is 93.4 Å². The molecule has 300 valence electrons. The normalized spacial score (nSPS) is 18.3. The molecule has 0 aliphatic carbocycles. The molecular formula is C44H54N8O5. The maximum absolute atomic E-state index is 13.6. The Labute approximate surface area is 333 Å². The van der Waals surface area contributed by atoms with Crippen LogP contribution in [0, 0.1) is 11.8 Å². The topological polar surface area (TPSA) is 158 Å². The molecule has 3 N–H and O–H groups in total. The van der Waals surface area contributed by atoms with Gasteiger partial charge in [0, 0.05) is 25.0 Å². The molecule has 57 heavy (non-hydrogen) atoms. The van der Waals surface area contributed by atoms with Crippen LogP contribution in [0.1, 0.15) is 88.4 Å². The first kappa shape index (κ1) is 39.5. The minimum Gasteiger partial charge on any atom is -0.487 e. The average Bonchev–Trinajstić information content (AvgIpc) is 4.04. The standard InChI is InChI=1S/C44H54N8O5/c1-26(2)38(46-25-56-5)42(53)52-20-8-10-37(52)41-48-34-18-16-32(23-35(34)49-41)31-15-14-29-21-28(11-13-30(29)22-31)12-17-33-24-45-40(47-33)36-9-7-19-51(36)43(54)39(27(3)4)50-44(55)57-6/h11,13-16,18,21-27,36-39H,7-10,12,17,19-20H2,1-6H3,(H,45,47)(H,48,49)(H,50,55)/t36-,37-,38-,39-/m0/s1. The highest BCUT2D eigenvalue weighted by Crippen LogP contribution is 2.35. The number of H-pyrrole nitrogens is 2. The van der Waals surface area contributed by atoms with Crippen LogP contribution in [0.25, 0.3) is 32.9 Å². The maximum atomic E-state index is 13.6. The molecule has 0 spiro atoms. The van der Waals surface area contributed by atoms with Crippen molar-refractivity contribution in [2.45, 2.75) is 90.4 Å². The summed E-state index contributed by atoms with van der Waals surface area (Å²) >= 11 is 0. The molecule has 0 unspecified atom stereocenters. The van der Waals surface area contributed by atoms with E-state index in [0.717, 1.165) is 83.4 Å². The lowest BCUT2D eigenvalue weighted by Crippen LogP contribution is -2.51. The van der Waals surface area contributed by atoms with Crippen LogP contribution in [0.4, 0.5) is 4.79 Å². The van der Waals surface area contributed by atoms with Gasteiger partial charge in [-0.1, -0.05) is 64.1 Å². The molecular weight excluding hydrogens is 721 g/mol. The number of rotatable bonds is 13. The number of nitrogens with one attached hydrogen (secondary N) is 3. The third kappa shape index (κ3) is 8.52. The first-order valence-corrected chi connectivity index (χ1v) is 20.1. The molecule has 0 bridgehead atoms. The van der Waals surface area contributed by atoms with E-state index in [-0.39, 0.29) is 35.7 Å². The highest BCUT2D eigenvalue weighted by molar-refractivity contribution is 5.90. The van der Waals surface area contributed by atoms with Crippen LogP contribution in [0.5, 0.6) is 0 Å². The Kier molecular flexibility index (Phi) is 11.9. The Morgan fingerprint density at radius 2 is 1.53 bits per heavy atom. The van der Waals surface area contributed by atoms with E-state index < -0.39 is 18.2 Å². The molecule has 4 atom stereocenters. The monoisotopic (exact) mass is 774 g/mol. The summed E-state index contributed by atoms with van der Waals surface area (Å²) in [7, 11) is 2.84. The van der Waals surface area contributed by atoms with Gasteiger partial charge in [0.1, 0.15) is 23.7 Å². The zero-order valence-electron chi connectivity index (χ0n) is 33.7. The van der Waals surface area contributed by atoms with Crippen LogP contribution >= 0.6 is 0 Å². The summed E-state index contributed by atoms with van der Waals surface area (Å²) in [6, 6.07) is 18.0. The molecule has 4 heterocycles. The smallest absolute Gasteiger partial charge is 0.407 e. The van der Waals surface area contributed by atoms with E-state index in [1.807, 2.05) is 49.8 Å². The fourth-order valence-electron chi connectivity index (χ4n) is 8.27. The number of nitrogens with zero attached hydrogens (tertiary/aromatic N) is 5. The molecule has 2 aliphatic rings. The molecule has 2 saturated heterocycles. The zero-order valence-corrected chi connectivity index (χ0v) is 33.7. The van der Waals surface area contributed by atoms with E-state index in [0.29, 0.717) is 13.1 Å². The lowest BCUT2D eigenvalue weighted by Gasteiger charge is -2.30. The van der Waals surface area contributed by atoms with Gasteiger partial charge in [-0.3, -0.25) is 9.59 Å². The van der Waals surface area contributed by atoms with E-state index >= 15 is 0 Å². The summed E-state index contributed by atoms with van der Waals surface area (Å²) in [5, 5.41) is 5.04. The predicted molar refractivity (Wildman–Crippen MR) is 221 cm³/mol. The SMILES string of the molecule is COC=N[C@H](C(=O)N1CCC[C@H]1c1nc2ccc(-c3ccc4cc(CCc5cnc([C@@H]6CCCN6C(=O)[C@@H](NC(=O)OC)C(C)C)[nH]5)ccc4c3)cc2[nH]1)C(C)C. The number of benzene rings is 3. The van der Waals surface area contributed by atoms with Crippen molar-refractivity contribution in [3.63, 3.8) is 0 Å². The van der Waals surface area contributed by atoms with Crippen molar-refractivity contribution in [1.82, 2.24) is 35.1 Å². The molecule has 13 heteroatoms. The summed E-state index contributed by atoms with van der Waals surface area (Å²) in [6.07, 6.45) is 7.72. The number of imidazole rings is 2. The summed E-state index contributed by atoms with van der Waals surface area (Å²) < 4.78 is 9.79. The average molecular weight is 775 g/mol. The minimum absolute atomic E-state index is 0.00515. The largest absolute Gasteiger partial charge is 0.487 e. The number of ether oxygens (including phenoxy) is 2. The van der Waals surface area contributed by atoms with E-state index in [4.69, 9.17) is 19.4 Å². The molecule has 3 aromatic carbocycles. The zero-order chi connectivity index (χ0) is 40.2. The van der Waals surface area contributed by atoms with Crippen molar-refractivity contribution in [2.75, 3.05) is 27.3 Å². The number of aliphatic imine (C=N–C) groups is 1. The number of carbonyl (C=O) groups is 3. The summed E-state index contributed by atoms with van der Waals surface area (Å²) in [5.41, 5.74) is 6.28. The number of hydrogen-bond donors (Lipinski definition) is 3. The lowest BCUT2D eigenvalue weighted by molar-refractivity contribution is -0.136. The molecule has 2 fully saturated rings. The van der Waals surface area contributed by atoms with Gasteiger partial charge in [0.15, 0.2) is 6.40 Å². The van der Waals surface area contributed by atoms with Crippen LogP contribution < -0.4 is 5.32 Å². The number of likely N-dealkylation sites (tertiary alicyclic amines) is 2. The Balaban J connectivity index is 1.00. The number of carbonyl (C=O) groups excluding carboxylic acids is 3. The Hall–Kier alpha value is -5.72. The number of fused-ring (bicyclic) bond motifs is 2. The second-order valence-corrected chi connectivity index (χ2v) is 16.0. The molecule has 2 aromatic heterocycles. The number of methoxy groups -OCH3 is 2.